The van der Waals surface area contributed by atoms with Gasteiger partial charge in [0.25, 0.3) is 15.9 Å². The number of amides is 1. The number of hydrogen-bond acceptors (Lipinski definition) is 3. The first kappa shape index (κ1) is 16.3. The van der Waals surface area contributed by atoms with Gasteiger partial charge in [0.1, 0.15) is 0 Å². The first-order chi connectivity index (χ1) is 10.4. The summed E-state index contributed by atoms with van der Waals surface area (Å²) in [6.07, 6.45) is 0. The molecule has 0 aromatic heterocycles. The van der Waals surface area contributed by atoms with E-state index in [1.54, 1.807) is 25.1 Å². The molecule has 0 radical (unpaired) electrons. The molecule has 0 fully saturated rings. The van der Waals surface area contributed by atoms with E-state index < -0.39 is 10.0 Å². The van der Waals surface area contributed by atoms with Crippen LogP contribution < -0.4 is 10.0 Å². The van der Waals surface area contributed by atoms with E-state index in [4.69, 9.17) is 11.6 Å². The Morgan fingerprint density at radius 2 is 1.82 bits per heavy atom. The molecule has 0 atom stereocenters. The van der Waals surface area contributed by atoms with E-state index >= 15 is 0 Å². The van der Waals surface area contributed by atoms with Crippen LogP contribution in [0.5, 0.6) is 0 Å². The van der Waals surface area contributed by atoms with Gasteiger partial charge in [0.05, 0.1) is 15.5 Å². The lowest BCUT2D eigenvalue weighted by Crippen LogP contribution is -2.23. The van der Waals surface area contributed by atoms with Crippen molar-refractivity contribution in [2.24, 2.45) is 0 Å². The van der Waals surface area contributed by atoms with Crippen LogP contribution in [0.3, 0.4) is 0 Å². The highest BCUT2D eigenvalue weighted by Crippen LogP contribution is 2.23. The fourth-order valence-corrected chi connectivity index (χ4v) is 3.11. The highest BCUT2D eigenvalue weighted by molar-refractivity contribution is 7.92. The second kappa shape index (κ2) is 6.81. The van der Waals surface area contributed by atoms with E-state index in [0.717, 1.165) is 0 Å². The van der Waals surface area contributed by atoms with Crippen molar-refractivity contribution in [1.82, 2.24) is 5.32 Å². The van der Waals surface area contributed by atoms with Gasteiger partial charge in [-0.15, -0.1) is 0 Å². The number of carbonyl (C=O) groups excluding carboxylic acids is 1. The molecule has 0 bridgehead atoms. The average Bonchev–Trinajstić information content (AvgIpc) is 2.50. The minimum absolute atomic E-state index is 0.143. The summed E-state index contributed by atoms with van der Waals surface area (Å²) in [5.41, 5.74) is 0.492. The van der Waals surface area contributed by atoms with Gasteiger partial charge in [0.15, 0.2) is 0 Å². The number of sulfonamides is 1. The normalized spacial score (nSPS) is 11.0. The molecule has 0 aliphatic rings. The highest BCUT2D eigenvalue weighted by atomic mass is 35.5. The number of rotatable bonds is 5. The summed E-state index contributed by atoms with van der Waals surface area (Å²) in [6.45, 7) is 2.24. The predicted molar refractivity (Wildman–Crippen MR) is 86.7 cm³/mol. The number of nitrogens with one attached hydrogen (secondary N) is 2. The Bertz CT molecular complexity index is 777. The van der Waals surface area contributed by atoms with Gasteiger partial charge >= 0.3 is 0 Å². The molecule has 0 aliphatic carbocycles. The predicted octanol–water partition coefficient (Wildman–Crippen LogP) is 2.89. The molecule has 116 valence electrons. The van der Waals surface area contributed by atoms with Gasteiger partial charge in [-0.1, -0.05) is 29.8 Å². The summed E-state index contributed by atoms with van der Waals surface area (Å²) in [7, 11) is -3.71. The van der Waals surface area contributed by atoms with Gasteiger partial charge in [-0.05, 0) is 37.3 Å². The molecule has 2 aromatic carbocycles. The second-order valence-corrected chi connectivity index (χ2v) is 6.56. The van der Waals surface area contributed by atoms with E-state index in [-0.39, 0.29) is 27.1 Å². The standard InChI is InChI=1S/C15H15ClN2O3S/c1-2-17-15(19)13-10-11(8-9-14(13)16)18-22(20,21)12-6-4-3-5-7-12/h3-10,18H,2H2,1H3,(H,17,19). The maximum absolute atomic E-state index is 12.2. The zero-order chi connectivity index (χ0) is 16.2. The Kier molecular flexibility index (Phi) is 5.05. The van der Waals surface area contributed by atoms with Crippen LogP contribution in [0.4, 0.5) is 5.69 Å². The number of carbonyl (C=O) groups is 1. The molecular formula is C15H15ClN2O3S. The van der Waals surface area contributed by atoms with E-state index in [0.29, 0.717) is 6.54 Å². The van der Waals surface area contributed by atoms with Crippen LogP contribution in [0.2, 0.25) is 5.02 Å². The van der Waals surface area contributed by atoms with Gasteiger partial charge in [0.2, 0.25) is 0 Å². The summed E-state index contributed by atoms with van der Waals surface area (Å²) in [5.74, 6) is -0.353. The number of halogens is 1. The summed E-state index contributed by atoms with van der Waals surface area (Å²) >= 11 is 5.98. The Hall–Kier alpha value is -2.05. The van der Waals surface area contributed by atoms with E-state index in [1.165, 1.54) is 30.3 Å². The van der Waals surface area contributed by atoms with Crippen molar-refractivity contribution in [3.8, 4) is 0 Å². The molecule has 2 N–H and O–H groups in total. The third-order valence-electron chi connectivity index (χ3n) is 2.85. The molecule has 0 spiro atoms. The van der Waals surface area contributed by atoms with Gasteiger partial charge in [-0.25, -0.2) is 8.42 Å². The maximum atomic E-state index is 12.2. The van der Waals surface area contributed by atoms with Crippen LogP contribution in [-0.2, 0) is 10.0 Å². The molecule has 0 saturated carbocycles. The molecule has 7 heteroatoms. The van der Waals surface area contributed by atoms with E-state index in [1.807, 2.05) is 0 Å². The highest BCUT2D eigenvalue weighted by Gasteiger charge is 2.16. The van der Waals surface area contributed by atoms with Crippen LogP contribution in [-0.4, -0.2) is 20.9 Å². The Morgan fingerprint density at radius 1 is 1.14 bits per heavy atom. The number of anilines is 1. The topological polar surface area (TPSA) is 75.3 Å². The van der Waals surface area contributed by atoms with Crippen LogP contribution in [0.15, 0.2) is 53.4 Å². The van der Waals surface area contributed by atoms with Crippen molar-refractivity contribution < 1.29 is 13.2 Å². The molecule has 0 saturated heterocycles. The van der Waals surface area contributed by atoms with Crippen LogP contribution in [0, 0.1) is 0 Å². The Labute approximate surface area is 134 Å². The summed E-state index contributed by atoms with van der Waals surface area (Å²) in [5, 5.41) is 2.88. The monoisotopic (exact) mass is 338 g/mol. The van der Waals surface area contributed by atoms with Gasteiger partial charge in [0, 0.05) is 12.2 Å². The summed E-state index contributed by atoms with van der Waals surface area (Å²) < 4.78 is 26.9. The molecule has 0 unspecified atom stereocenters. The zero-order valence-corrected chi connectivity index (χ0v) is 13.4. The molecule has 1 amide bonds. The fraction of sp³-hybridized carbons (Fsp3) is 0.133. The Morgan fingerprint density at radius 3 is 2.45 bits per heavy atom. The van der Waals surface area contributed by atoms with Crippen molar-refractivity contribution >= 4 is 33.2 Å². The van der Waals surface area contributed by atoms with Crippen LogP contribution in [0.1, 0.15) is 17.3 Å². The van der Waals surface area contributed by atoms with Crippen molar-refractivity contribution in [1.29, 1.82) is 0 Å². The first-order valence-corrected chi connectivity index (χ1v) is 8.46. The number of benzene rings is 2. The number of hydrogen-bond donors (Lipinski definition) is 2. The Balaban J connectivity index is 2.31. The second-order valence-electron chi connectivity index (χ2n) is 4.47. The van der Waals surface area contributed by atoms with Crippen molar-refractivity contribution in [3.63, 3.8) is 0 Å². The van der Waals surface area contributed by atoms with Gasteiger partial charge < -0.3 is 5.32 Å². The average molecular weight is 339 g/mol. The molecule has 0 heterocycles. The largest absolute Gasteiger partial charge is 0.352 e. The van der Waals surface area contributed by atoms with Crippen molar-refractivity contribution in [2.45, 2.75) is 11.8 Å². The molecule has 0 aliphatic heterocycles. The van der Waals surface area contributed by atoms with Gasteiger partial charge in [-0.3, -0.25) is 9.52 Å². The van der Waals surface area contributed by atoms with E-state index in [2.05, 4.69) is 10.0 Å². The molecule has 2 aromatic rings. The van der Waals surface area contributed by atoms with Crippen molar-refractivity contribution in [3.05, 3.63) is 59.1 Å². The summed E-state index contributed by atoms with van der Waals surface area (Å²) in [6, 6.07) is 12.4. The molecule has 22 heavy (non-hydrogen) atoms. The lowest BCUT2D eigenvalue weighted by Gasteiger charge is -2.10. The zero-order valence-electron chi connectivity index (χ0n) is 11.8. The van der Waals surface area contributed by atoms with Crippen molar-refractivity contribution in [2.75, 3.05) is 11.3 Å². The maximum Gasteiger partial charge on any atom is 0.261 e. The summed E-state index contributed by atoms with van der Waals surface area (Å²) in [4.78, 5) is 12.0. The van der Waals surface area contributed by atoms with E-state index in [9.17, 15) is 13.2 Å². The lowest BCUT2D eigenvalue weighted by molar-refractivity contribution is 0.0956. The quantitative estimate of drug-likeness (QED) is 0.880. The minimum atomic E-state index is -3.71. The minimum Gasteiger partial charge on any atom is -0.352 e. The molecule has 2 rings (SSSR count). The third-order valence-corrected chi connectivity index (χ3v) is 4.58. The third kappa shape index (κ3) is 3.78. The van der Waals surface area contributed by atoms with Crippen LogP contribution >= 0.6 is 11.6 Å². The van der Waals surface area contributed by atoms with Crippen LogP contribution in [0.25, 0.3) is 0 Å². The SMILES string of the molecule is CCNC(=O)c1cc(NS(=O)(=O)c2ccccc2)ccc1Cl. The van der Waals surface area contributed by atoms with Gasteiger partial charge in [-0.2, -0.15) is 0 Å². The molecule has 5 nitrogen and oxygen atoms in total. The smallest absolute Gasteiger partial charge is 0.261 e. The fourth-order valence-electron chi connectivity index (χ4n) is 1.83. The first-order valence-electron chi connectivity index (χ1n) is 6.59. The molecular weight excluding hydrogens is 324 g/mol. The lowest BCUT2D eigenvalue weighted by atomic mass is 10.2.